The van der Waals surface area contributed by atoms with Crippen molar-refractivity contribution in [3.8, 4) is 5.75 Å². The Hall–Kier alpha value is -2.34. The SMILES string of the molecule is CCOC(=O)CCCOc1ccc(S(=O)(=O)c2ccccc2)cc1. The van der Waals surface area contributed by atoms with Gasteiger partial charge >= 0.3 is 5.97 Å². The Labute approximate surface area is 142 Å². The molecular formula is C18H20O5S. The molecule has 2 aromatic rings. The highest BCUT2D eigenvalue weighted by atomic mass is 32.2. The molecule has 2 rings (SSSR count). The van der Waals surface area contributed by atoms with Crippen LogP contribution in [0, 0.1) is 0 Å². The molecule has 0 bridgehead atoms. The molecule has 128 valence electrons. The third-order valence-electron chi connectivity index (χ3n) is 3.29. The van der Waals surface area contributed by atoms with Gasteiger partial charge in [-0.25, -0.2) is 8.42 Å². The lowest BCUT2D eigenvalue weighted by Gasteiger charge is -2.08. The summed E-state index contributed by atoms with van der Waals surface area (Å²) in [5.41, 5.74) is 0. The average Bonchev–Trinajstić information content (AvgIpc) is 2.60. The van der Waals surface area contributed by atoms with Gasteiger partial charge in [-0.1, -0.05) is 18.2 Å². The molecule has 5 nitrogen and oxygen atoms in total. The van der Waals surface area contributed by atoms with E-state index in [1.165, 1.54) is 12.1 Å². The van der Waals surface area contributed by atoms with Crippen molar-refractivity contribution in [3.63, 3.8) is 0 Å². The quantitative estimate of drug-likeness (QED) is 0.541. The summed E-state index contributed by atoms with van der Waals surface area (Å²) in [6.07, 6.45) is 0.844. The van der Waals surface area contributed by atoms with Gasteiger partial charge in [-0.3, -0.25) is 4.79 Å². The molecule has 0 N–H and O–H groups in total. The molecule has 0 saturated carbocycles. The molecule has 0 aliphatic carbocycles. The summed E-state index contributed by atoms with van der Waals surface area (Å²) < 4.78 is 35.2. The molecule has 0 amide bonds. The third-order valence-corrected chi connectivity index (χ3v) is 5.07. The summed E-state index contributed by atoms with van der Waals surface area (Å²) >= 11 is 0. The summed E-state index contributed by atoms with van der Waals surface area (Å²) in [6, 6.07) is 14.5. The van der Waals surface area contributed by atoms with Gasteiger partial charge in [-0.05, 0) is 49.7 Å². The fourth-order valence-electron chi connectivity index (χ4n) is 2.09. The van der Waals surface area contributed by atoms with Crippen LogP contribution in [0.3, 0.4) is 0 Å². The minimum atomic E-state index is -3.52. The van der Waals surface area contributed by atoms with Crippen LogP contribution in [0.2, 0.25) is 0 Å². The predicted octanol–water partition coefficient (Wildman–Crippen LogP) is 3.24. The number of sulfone groups is 1. The van der Waals surface area contributed by atoms with E-state index in [0.29, 0.717) is 31.8 Å². The molecule has 0 aliphatic rings. The van der Waals surface area contributed by atoms with Crippen molar-refractivity contribution in [2.75, 3.05) is 13.2 Å². The number of carbonyl (C=O) groups is 1. The van der Waals surface area contributed by atoms with E-state index in [1.807, 2.05) is 0 Å². The maximum Gasteiger partial charge on any atom is 0.305 e. The Morgan fingerprint density at radius 3 is 2.21 bits per heavy atom. The second-order valence-corrected chi connectivity index (χ2v) is 6.99. The maximum atomic E-state index is 12.4. The lowest BCUT2D eigenvalue weighted by Crippen LogP contribution is -2.07. The van der Waals surface area contributed by atoms with Gasteiger partial charge in [-0.2, -0.15) is 0 Å². The minimum Gasteiger partial charge on any atom is -0.494 e. The van der Waals surface area contributed by atoms with Gasteiger partial charge in [-0.15, -0.1) is 0 Å². The summed E-state index contributed by atoms with van der Waals surface area (Å²) in [4.78, 5) is 11.7. The number of ether oxygens (including phenoxy) is 2. The zero-order chi connectivity index (χ0) is 17.4. The molecule has 6 heteroatoms. The number of hydrogen-bond donors (Lipinski definition) is 0. The Morgan fingerprint density at radius 1 is 0.958 bits per heavy atom. The van der Waals surface area contributed by atoms with Gasteiger partial charge in [0.15, 0.2) is 0 Å². The van der Waals surface area contributed by atoms with Gasteiger partial charge in [0.05, 0.1) is 23.0 Å². The fraction of sp³-hybridized carbons (Fsp3) is 0.278. The van der Waals surface area contributed by atoms with Gasteiger partial charge in [0.25, 0.3) is 0 Å². The molecule has 0 spiro atoms. The first-order valence-electron chi connectivity index (χ1n) is 7.72. The van der Waals surface area contributed by atoms with Crippen LogP contribution in [0.25, 0.3) is 0 Å². The van der Waals surface area contributed by atoms with Crippen molar-refractivity contribution in [1.82, 2.24) is 0 Å². The van der Waals surface area contributed by atoms with Crippen molar-refractivity contribution in [1.29, 1.82) is 0 Å². The van der Waals surface area contributed by atoms with Gasteiger partial charge in [0.1, 0.15) is 5.75 Å². The first-order valence-corrected chi connectivity index (χ1v) is 9.21. The maximum absolute atomic E-state index is 12.4. The summed E-state index contributed by atoms with van der Waals surface area (Å²) in [5, 5.41) is 0. The molecule has 0 heterocycles. The standard InChI is InChI=1S/C18H20O5S/c1-2-22-18(19)9-6-14-23-15-10-12-17(13-11-15)24(20,21)16-7-4-3-5-8-16/h3-5,7-8,10-13H,2,6,9,14H2,1H3. The lowest BCUT2D eigenvalue weighted by atomic mass is 10.3. The fourth-order valence-corrected chi connectivity index (χ4v) is 3.37. The van der Waals surface area contributed by atoms with E-state index in [2.05, 4.69) is 0 Å². The Bertz CT molecular complexity index is 752. The number of rotatable bonds is 8. The molecule has 2 aromatic carbocycles. The van der Waals surface area contributed by atoms with E-state index < -0.39 is 9.84 Å². The Morgan fingerprint density at radius 2 is 1.58 bits per heavy atom. The molecule has 0 atom stereocenters. The lowest BCUT2D eigenvalue weighted by molar-refractivity contribution is -0.143. The second kappa shape index (κ2) is 8.49. The topological polar surface area (TPSA) is 69.7 Å². The largest absolute Gasteiger partial charge is 0.494 e. The van der Waals surface area contributed by atoms with Crippen LogP contribution >= 0.6 is 0 Å². The number of carbonyl (C=O) groups excluding carboxylic acids is 1. The first-order chi connectivity index (χ1) is 11.5. The van der Waals surface area contributed by atoms with Crippen LogP contribution < -0.4 is 4.74 Å². The van der Waals surface area contributed by atoms with Crippen LogP contribution in [0.4, 0.5) is 0 Å². The van der Waals surface area contributed by atoms with E-state index in [4.69, 9.17) is 9.47 Å². The smallest absolute Gasteiger partial charge is 0.305 e. The highest BCUT2D eigenvalue weighted by molar-refractivity contribution is 7.91. The average molecular weight is 348 g/mol. The zero-order valence-corrected chi connectivity index (χ0v) is 14.3. The van der Waals surface area contributed by atoms with Crippen LogP contribution in [-0.4, -0.2) is 27.6 Å². The van der Waals surface area contributed by atoms with Crippen molar-refractivity contribution in [3.05, 3.63) is 54.6 Å². The van der Waals surface area contributed by atoms with E-state index >= 15 is 0 Å². The van der Waals surface area contributed by atoms with Crippen molar-refractivity contribution in [2.24, 2.45) is 0 Å². The van der Waals surface area contributed by atoms with Crippen LogP contribution in [0.1, 0.15) is 19.8 Å². The normalized spacial score (nSPS) is 11.0. The van der Waals surface area contributed by atoms with E-state index in [1.54, 1.807) is 49.4 Å². The molecule has 0 radical (unpaired) electrons. The summed E-state index contributed by atoms with van der Waals surface area (Å²) in [6.45, 7) is 2.50. The van der Waals surface area contributed by atoms with Crippen LogP contribution in [0.15, 0.2) is 64.4 Å². The van der Waals surface area contributed by atoms with Gasteiger partial charge < -0.3 is 9.47 Å². The van der Waals surface area contributed by atoms with Crippen LogP contribution in [0.5, 0.6) is 5.75 Å². The highest BCUT2D eigenvalue weighted by Crippen LogP contribution is 2.22. The van der Waals surface area contributed by atoms with Gasteiger partial charge in [0, 0.05) is 6.42 Å². The minimum absolute atomic E-state index is 0.215. The Kier molecular flexibility index (Phi) is 6.37. The van der Waals surface area contributed by atoms with E-state index in [9.17, 15) is 13.2 Å². The molecule has 0 aromatic heterocycles. The zero-order valence-electron chi connectivity index (χ0n) is 13.5. The number of esters is 1. The third kappa shape index (κ3) is 4.83. The highest BCUT2D eigenvalue weighted by Gasteiger charge is 2.16. The van der Waals surface area contributed by atoms with Crippen molar-refractivity contribution < 1.29 is 22.7 Å². The van der Waals surface area contributed by atoms with Gasteiger partial charge in [0.2, 0.25) is 9.84 Å². The molecular weight excluding hydrogens is 328 g/mol. The summed E-state index contributed by atoms with van der Waals surface area (Å²) in [7, 11) is -3.52. The Balaban J connectivity index is 1.93. The molecule has 0 aliphatic heterocycles. The van der Waals surface area contributed by atoms with Crippen molar-refractivity contribution in [2.45, 2.75) is 29.6 Å². The summed E-state index contributed by atoms with van der Waals surface area (Å²) in [5.74, 6) is 0.316. The second-order valence-electron chi connectivity index (χ2n) is 5.04. The van der Waals surface area contributed by atoms with E-state index in [-0.39, 0.29) is 15.8 Å². The molecule has 24 heavy (non-hydrogen) atoms. The monoisotopic (exact) mass is 348 g/mol. The predicted molar refractivity (Wildman–Crippen MR) is 89.7 cm³/mol. The molecule has 0 saturated heterocycles. The van der Waals surface area contributed by atoms with E-state index in [0.717, 1.165) is 0 Å². The molecule has 0 fully saturated rings. The van der Waals surface area contributed by atoms with Crippen LogP contribution in [-0.2, 0) is 19.4 Å². The first kappa shape index (κ1) is 18.0. The van der Waals surface area contributed by atoms with Crippen molar-refractivity contribution >= 4 is 15.8 Å². The molecule has 0 unspecified atom stereocenters. The number of benzene rings is 2. The number of hydrogen-bond acceptors (Lipinski definition) is 5.